The topological polar surface area (TPSA) is 42.9 Å². The van der Waals surface area contributed by atoms with E-state index in [1.54, 1.807) is 7.05 Å². The van der Waals surface area contributed by atoms with Gasteiger partial charge in [0.25, 0.3) is 0 Å². The van der Waals surface area contributed by atoms with Gasteiger partial charge in [-0.15, -0.1) is 24.0 Å². The summed E-state index contributed by atoms with van der Waals surface area (Å²) in [7, 11) is 1.70. The summed E-state index contributed by atoms with van der Waals surface area (Å²) in [4.78, 5) is 8.18. The number of hydrogen-bond acceptors (Lipinski definition) is 3. The fourth-order valence-electron chi connectivity index (χ4n) is 3.65. The lowest BCUT2D eigenvalue weighted by Crippen LogP contribution is -2.55. The van der Waals surface area contributed by atoms with Crippen LogP contribution in [-0.2, 0) is 0 Å². The number of likely N-dealkylation sites (tertiary alicyclic amines) is 2. The zero-order chi connectivity index (χ0) is 18.5. The van der Waals surface area contributed by atoms with Crippen molar-refractivity contribution in [3.05, 3.63) is 0 Å². The first-order chi connectivity index (χ1) is 11.7. The van der Waals surface area contributed by atoms with Crippen molar-refractivity contribution in [2.75, 3.05) is 46.3 Å². The smallest absolute Gasteiger partial charge is 0.355 e. The Morgan fingerprint density at radius 3 is 2.35 bits per heavy atom. The van der Waals surface area contributed by atoms with Crippen LogP contribution < -0.4 is 10.6 Å². The number of halogens is 4. The fraction of sp³-hybridized carbons (Fsp3) is 0.941. The van der Waals surface area contributed by atoms with E-state index < -0.39 is 12.7 Å². The van der Waals surface area contributed by atoms with Crippen molar-refractivity contribution in [2.45, 2.75) is 57.3 Å². The lowest BCUT2D eigenvalue weighted by Gasteiger charge is -2.41. The van der Waals surface area contributed by atoms with Crippen molar-refractivity contribution in [1.29, 1.82) is 0 Å². The van der Waals surface area contributed by atoms with E-state index in [-0.39, 0.29) is 35.6 Å². The van der Waals surface area contributed by atoms with Gasteiger partial charge in [0.2, 0.25) is 0 Å². The molecule has 2 aliphatic heterocycles. The maximum absolute atomic E-state index is 12.5. The highest BCUT2D eigenvalue weighted by atomic mass is 127. The Balaban J connectivity index is 0.00000338. The van der Waals surface area contributed by atoms with Gasteiger partial charge < -0.3 is 10.6 Å². The monoisotopic (exact) mass is 491 g/mol. The standard InChI is InChI=1S/C17H32F3N5.HI/c1-16(2,25-8-5-4-6-9-25)12-22-15(21-3)23-14-7-10-24(11-14)13-17(18,19)20;/h14H,4-13H2,1-3H3,(H2,21,22,23);1H. The molecular weight excluding hydrogens is 458 g/mol. The van der Waals surface area contributed by atoms with Crippen LogP contribution in [0.2, 0.25) is 0 Å². The van der Waals surface area contributed by atoms with Crippen molar-refractivity contribution >= 4 is 29.9 Å². The van der Waals surface area contributed by atoms with Gasteiger partial charge in [0.15, 0.2) is 5.96 Å². The van der Waals surface area contributed by atoms with Crippen LogP contribution in [0.5, 0.6) is 0 Å². The summed E-state index contributed by atoms with van der Waals surface area (Å²) in [5.74, 6) is 0.670. The molecule has 1 atom stereocenters. The maximum atomic E-state index is 12.5. The van der Waals surface area contributed by atoms with Gasteiger partial charge in [0.05, 0.1) is 6.54 Å². The summed E-state index contributed by atoms with van der Waals surface area (Å²) >= 11 is 0. The average Bonchev–Trinajstić information content (AvgIpc) is 2.97. The van der Waals surface area contributed by atoms with Gasteiger partial charge in [-0.25, -0.2) is 0 Å². The molecule has 2 heterocycles. The Labute approximate surface area is 172 Å². The van der Waals surface area contributed by atoms with Gasteiger partial charge in [0.1, 0.15) is 0 Å². The highest BCUT2D eigenvalue weighted by Crippen LogP contribution is 2.21. The average molecular weight is 491 g/mol. The van der Waals surface area contributed by atoms with E-state index >= 15 is 0 Å². The Bertz CT molecular complexity index is 450. The van der Waals surface area contributed by atoms with Crippen molar-refractivity contribution in [1.82, 2.24) is 20.4 Å². The van der Waals surface area contributed by atoms with Crippen LogP contribution in [0, 0.1) is 0 Å². The fourth-order valence-corrected chi connectivity index (χ4v) is 3.65. The molecule has 0 saturated carbocycles. The highest BCUT2D eigenvalue weighted by Gasteiger charge is 2.34. The molecule has 0 amide bonds. The molecule has 26 heavy (non-hydrogen) atoms. The second-order valence-electron chi connectivity index (χ2n) is 7.77. The third-order valence-corrected chi connectivity index (χ3v) is 5.14. The molecule has 0 aliphatic carbocycles. The zero-order valence-electron chi connectivity index (χ0n) is 16.0. The van der Waals surface area contributed by atoms with Crippen molar-refractivity contribution in [2.24, 2.45) is 4.99 Å². The number of hydrogen-bond donors (Lipinski definition) is 2. The summed E-state index contributed by atoms with van der Waals surface area (Å²) in [6, 6.07) is 0.00616. The molecule has 0 spiro atoms. The van der Waals surface area contributed by atoms with Crippen molar-refractivity contribution in [3.63, 3.8) is 0 Å². The summed E-state index contributed by atoms with van der Waals surface area (Å²) in [5.41, 5.74) is 0.0238. The minimum Gasteiger partial charge on any atom is -0.355 e. The van der Waals surface area contributed by atoms with Crippen LogP contribution in [0.25, 0.3) is 0 Å². The molecule has 0 radical (unpaired) electrons. The van der Waals surface area contributed by atoms with Crippen molar-refractivity contribution in [3.8, 4) is 0 Å². The van der Waals surface area contributed by atoms with Crippen LogP contribution in [0.1, 0.15) is 39.5 Å². The molecule has 2 fully saturated rings. The van der Waals surface area contributed by atoms with E-state index in [1.807, 2.05) is 0 Å². The summed E-state index contributed by atoms with van der Waals surface area (Å²) in [6.45, 7) is 7.47. The number of alkyl halides is 3. The molecule has 2 N–H and O–H groups in total. The van der Waals surface area contributed by atoms with Gasteiger partial charge in [0, 0.05) is 38.3 Å². The van der Waals surface area contributed by atoms with E-state index in [1.165, 1.54) is 24.2 Å². The Morgan fingerprint density at radius 1 is 1.12 bits per heavy atom. The number of aliphatic imine (C=N–C) groups is 1. The minimum absolute atomic E-state index is 0. The molecule has 2 rings (SSSR count). The lowest BCUT2D eigenvalue weighted by atomic mass is 9.98. The largest absolute Gasteiger partial charge is 0.401 e. The number of nitrogens with one attached hydrogen (secondary N) is 2. The third kappa shape index (κ3) is 7.75. The molecule has 0 aromatic heterocycles. The van der Waals surface area contributed by atoms with Gasteiger partial charge in [-0.3, -0.25) is 14.8 Å². The van der Waals surface area contributed by atoms with Gasteiger partial charge in [-0.1, -0.05) is 6.42 Å². The predicted octanol–water partition coefficient (Wildman–Crippen LogP) is 2.67. The molecule has 9 heteroatoms. The Kier molecular flexibility index (Phi) is 9.42. The van der Waals surface area contributed by atoms with Crippen LogP contribution in [0.3, 0.4) is 0 Å². The number of nitrogens with zero attached hydrogens (tertiary/aromatic N) is 3. The first kappa shape index (κ1) is 23.7. The first-order valence-electron chi connectivity index (χ1n) is 9.21. The van der Waals surface area contributed by atoms with E-state index in [4.69, 9.17) is 0 Å². The van der Waals surface area contributed by atoms with E-state index in [9.17, 15) is 13.2 Å². The molecule has 1 unspecified atom stereocenters. The zero-order valence-corrected chi connectivity index (χ0v) is 18.4. The molecule has 5 nitrogen and oxygen atoms in total. The molecule has 0 bridgehead atoms. The SMILES string of the molecule is CN=C(NCC(C)(C)N1CCCCC1)NC1CCN(CC(F)(F)F)C1.I. The van der Waals surface area contributed by atoms with E-state index in [0.717, 1.165) is 19.6 Å². The molecule has 0 aromatic rings. The molecule has 2 aliphatic rings. The summed E-state index contributed by atoms with van der Waals surface area (Å²) in [5, 5.41) is 6.62. The van der Waals surface area contributed by atoms with E-state index in [0.29, 0.717) is 25.5 Å². The van der Waals surface area contributed by atoms with Crippen LogP contribution in [-0.4, -0.2) is 79.8 Å². The molecule has 0 aromatic carbocycles. The Morgan fingerprint density at radius 2 is 1.77 bits per heavy atom. The number of guanidine groups is 1. The number of rotatable bonds is 5. The van der Waals surface area contributed by atoms with Crippen LogP contribution in [0.4, 0.5) is 13.2 Å². The van der Waals surface area contributed by atoms with Gasteiger partial charge in [-0.2, -0.15) is 13.2 Å². The van der Waals surface area contributed by atoms with Gasteiger partial charge in [-0.05, 0) is 46.2 Å². The molecular formula is C17H33F3IN5. The second-order valence-corrected chi connectivity index (χ2v) is 7.77. The predicted molar refractivity (Wildman–Crippen MR) is 110 cm³/mol. The number of piperidine rings is 1. The molecule has 154 valence electrons. The lowest BCUT2D eigenvalue weighted by molar-refractivity contribution is -0.143. The first-order valence-corrected chi connectivity index (χ1v) is 9.21. The molecule has 2 saturated heterocycles. The third-order valence-electron chi connectivity index (χ3n) is 5.14. The summed E-state index contributed by atoms with van der Waals surface area (Å²) < 4.78 is 37.5. The Hall–Kier alpha value is -0.290. The quantitative estimate of drug-likeness (QED) is 0.353. The van der Waals surface area contributed by atoms with Crippen LogP contribution >= 0.6 is 24.0 Å². The van der Waals surface area contributed by atoms with E-state index in [2.05, 4.69) is 34.4 Å². The van der Waals surface area contributed by atoms with Crippen LogP contribution in [0.15, 0.2) is 4.99 Å². The van der Waals surface area contributed by atoms with Crippen molar-refractivity contribution < 1.29 is 13.2 Å². The second kappa shape index (κ2) is 10.3. The minimum atomic E-state index is -4.13. The highest BCUT2D eigenvalue weighted by molar-refractivity contribution is 14.0. The summed E-state index contributed by atoms with van der Waals surface area (Å²) in [6.07, 6.45) is 0.361. The normalized spacial score (nSPS) is 23.6. The van der Waals surface area contributed by atoms with Gasteiger partial charge >= 0.3 is 6.18 Å². The maximum Gasteiger partial charge on any atom is 0.401 e.